The van der Waals surface area contributed by atoms with Gasteiger partial charge in [-0.05, 0) is 59.9 Å². The molecule has 2 aromatic rings. The van der Waals surface area contributed by atoms with Gasteiger partial charge in [-0.15, -0.1) is 12.4 Å². The Morgan fingerprint density at radius 2 is 1.91 bits per heavy atom. The molecule has 2 aromatic carbocycles. The van der Waals surface area contributed by atoms with Crippen molar-refractivity contribution in [1.29, 1.82) is 0 Å². The average molecular weight is 317 g/mol. The first-order chi connectivity index (χ1) is 10.2. The Morgan fingerprint density at radius 3 is 2.68 bits per heavy atom. The molecular weight excluding hydrogens is 296 g/mol. The van der Waals surface area contributed by atoms with Crippen molar-refractivity contribution in [2.75, 3.05) is 5.32 Å². The van der Waals surface area contributed by atoms with Gasteiger partial charge in [-0.2, -0.15) is 0 Å². The van der Waals surface area contributed by atoms with E-state index >= 15 is 0 Å². The summed E-state index contributed by atoms with van der Waals surface area (Å²) in [5.74, 6) is -0.0457. The van der Waals surface area contributed by atoms with Gasteiger partial charge < -0.3 is 10.6 Å². The molecule has 0 bridgehead atoms. The molecule has 0 saturated heterocycles. The molecule has 1 aliphatic heterocycles. The zero-order valence-corrected chi connectivity index (χ0v) is 13.7. The number of aryl methyl sites for hydroxylation is 2. The first-order valence-corrected chi connectivity index (χ1v) is 7.41. The maximum atomic E-state index is 12.4. The quantitative estimate of drug-likeness (QED) is 0.903. The van der Waals surface area contributed by atoms with Crippen LogP contribution in [0.5, 0.6) is 0 Å². The second kappa shape index (κ2) is 6.95. The Labute approximate surface area is 137 Å². The van der Waals surface area contributed by atoms with Crippen LogP contribution in [0.4, 0.5) is 5.69 Å². The van der Waals surface area contributed by atoms with Gasteiger partial charge in [0.05, 0.1) is 0 Å². The van der Waals surface area contributed by atoms with Crippen LogP contribution in [-0.4, -0.2) is 5.91 Å². The molecule has 3 rings (SSSR count). The summed E-state index contributed by atoms with van der Waals surface area (Å²) in [6.07, 6.45) is 0.972. The average Bonchev–Trinajstić information content (AvgIpc) is 2.96. The predicted molar refractivity (Wildman–Crippen MR) is 92.7 cm³/mol. The van der Waals surface area contributed by atoms with E-state index in [1.54, 1.807) is 0 Å². The zero-order chi connectivity index (χ0) is 14.8. The molecule has 22 heavy (non-hydrogen) atoms. The smallest absolute Gasteiger partial charge is 0.255 e. The number of rotatable bonds is 3. The highest BCUT2D eigenvalue weighted by atomic mass is 35.5. The molecule has 1 heterocycles. The topological polar surface area (TPSA) is 41.1 Å². The highest BCUT2D eigenvalue weighted by Gasteiger charge is 2.13. The van der Waals surface area contributed by atoms with Crippen LogP contribution in [0.1, 0.15) is 39.5 Å². The van der Waals surface area contributed by atoms with E-state index in [1.807, 2.05) is 24.3 Å². The van der Waals surface area contributed by atoms with Crippen LogP contribution < -0.4 is 10.6 Å². The number of anilines is 1. The summed E-state index contributed by atoms with van der Waals surface area (Å²) in [6, 6.07) is 12.0. The summed E-state index contributed by atoms with van der Waals surface area (Å²) >= 11 is 0. The Balaban J connectivity index is 0.00000176. The predicted octanol–water partition coefficient (Wildman–Crippen LogP) is 3.83. The number of amides is 1. The second-order valence-corrected chi connectivity index (χ2v) is 5.54. The summed E-state index contributed by atoms with van der Waals surface area (Å²) in [7, 11) is 0. The minimum atomic E-state index is -0.0457. The molecule has 0 radical (unpaired) electrons. The van der Waals surface area contributed by atoms with Gasteiger partial charge in [0.1, 0.15) is 0 Å². The van der Waals surface area contributed by atoms with E-state index in [0.29, 0.717) is 0 Å². The van der Waals surface area contributed by atoms with Gasteiger partial charge in [-0.1, -0.05) is 19.1 Å². The molecule has 0 atom stereocenters. The largest absolute Gasteiger partial charge is 0.322 e. The first kappa shape index (κ1) is 16.5. The van der Waals surface area contributed by atoms with Crippen LogP contribution in [0.15, 0.2) is 36.4 Å². The van der Waals surface area contributed by atoms with E-state index in [-0.39, 0.29) is 18.3 Å². The number of nitrogens with one attached hydrogen (secondary N) is 2. The Hall–Kier alpha value is -1.84. The zero-order valence-electron chi connectivity index (χ0n) is 12.9. The molecule has 3 nitrogen and oxygen atoms in total. The van der Waals surface area contributed by atoms with Crippen molar-refractivity contribution in [3.63, 3.8) is 0 Å². The fourth-order valence-electron chi connectivity index (χ4n) is 2.77. The van der Waals surface area contributed by atoms with Crippen LogP contribution >= 0.6 is 12.4 Å². The van der Waals surface area contributed by atoms with Crippen molar-refractivity contribution in [2.24, 2.45) is 0 Å². The lowest BCUT2D eigenvalue weighted by Gasteiger charge is -2.10. The van der Waals surface area contributed by atoms with Crippen molar-refractivity contribution in [3.05, 3.63) is 64.2 Å². The number of carbonyl (C=O) groups excluding carboxylic acids is 1. The molecule has 1 aliphatic rings. The maximum absolute atomic E-state index is 12.4. The number of hydrogen-bond acceptors (Lipinski definition) is 2. The van der Waals surface area contributed by atoms with E-state index in [0.717, 1.165) is 30.8 Å². The second-order valence-electron chi connectivity index (χ2n) is 5.54. The molecule has 0 spiro atoms. The molecule has 0 aliphatic carbocycles. The van der Waals surface area contributed by atoms with Gasteiger partial charge in [0.25, 0.3) is 5.91 Å². The van der Waals surface area contributed by atoms with Crippen LogP contribution in [0, 0.1) is 6.92 Å². The standard InChI is InChI=1S/C18H20N2O.ClH/c1-3-13-9-17(7-4-12(13)2)20-18(21)14-5-6-15-10-19-11-16(15)8-14;/h4-9,19H,3,10-11H2,1-2H3,(H,20,21);1H. The van der Waals surface area contributed by atoms with Crippen LogP contribution in [-0.2, 0) is 19.5 Å². The fraction of sp³-hybridized carbons (Fsp3) is 0.278. The molecule has 2 N–H and O–H groups in total. The fourth-order valence-corrected chi connectivity index (χ4v) is 2.77. The molecular formula is C18H21ClN2O. The third-order valence-corrected chi connectivity index (χ3v) is 4.09. The maximum Gasteiger partial charge on any atom is 0.255 e. The van der Waals surface area contributed by atoms with Gasteiger partial charge in [-0.3, -0.25) is 4.79 Å². The van der Waals surface area contributed by atoms with E-state index < -0.39 is 0 Å². The van der Waals surface area contributed by atoms with Gasteiger partial charge >= 0.3 is 0 Å². The van der Waals surface area contributed by atoms with Crippen LogP contribution in [0.25, 0.3) is 0 Å². The molecule has 0 fully saturated rings. The van der Waals surface area contributed by atoms with Gasteiger partial charge in [0, 0.05) is 24.3 Å². The number of halogens is 1. The number of hydrogen-bond donors (Lipinski definition) is 2. The molecule has 4 heteroatoms. The summed E-state index contributed by atoms with van der Waals surface area (Å²) < 4.78 is 0. The van der Waals surface area contributed by atoms with Gasteiger partial charge in [-0.25, -0.2) is 0 Å². The summed E-state index contributed by atoms with van der Waals surface area (Å²) in [6.45, 7) is 5.97. The lowest BCUT2D eigenvalue weighted by atomic mass is 10.0. The SMILES string of the molecule is CCc1cc(NC(=O)c2ccc3c(c2)CNC3)ccc1C.Cl. The number of fused-ring (bicyclic) bond motifs is 1. The molecule has 1 amide bonds. The third kappa shape index (κ3) is 3.32. The van der Waals surface area contributed by atoms with Crippen molar-refractivity contribution in [1.82, 2.24) is 5.32 Å². The summed E-state index contributed by atoms with van der Waals surface area (Å²) in [5.41, 5.74) is 6.62. The lowest BCUT2D eigenvalue weighted by Crippen LogP contribution is -2.12. The van der Waals surface area contributed by atoms with Crippen LogP contribution in [0.2, 0.25) is 0 Å². The Bertz CT molecular complexity index is 697. The van der Waals surface area contributed by atoms with E-state index in [2.05, 4.69) is 36.6 Å². The minimum absolute atomic E-state index is 0. The number of carbonyl (C=O) groups is 1. The monoisotopic (exact) mass is 316 g/mol. The lowest BCUT2D eigenvalue weighted by molar-refractivity contribution is 0.102. The van der Waals surface area contributed by atoms with Crippen molar-refractivity contribution >= 4 is 24.0 Å². The molecule has 0 saturated carbocycles. The van der Waals surface area contributed by atoms with Gasteiger partial charge in [0.15, 0.2) is 0 Å². The van der Waals surface area contributed by atoms with E-state index in [1.165, 1.54) is 22.3 Å². The Kier molecular flexibility index (Phi) is 5.22. The van der Waals surface area contributed by atoms with Crippen molar-refractivity contribution in [2.45, 2.75) is 33.4 Å². The first-order valence-electron chi connectivity index (χ1n) is 7.41. The van der Waals surface area contributed by atoms with Crippen molar-refractivity contribution in [3.8, 4) is 0 Å². The molecule has 0 aromatic heterocycles. The summed E-state index contributed by atoms with van der Waals surface area (Å²) in [4.78, 5) is 12.4. The normalized spacial score (nSPS) is 12.5. The highest BCUT2D eigenvalue weighted by molar-refractivity contribution is 6.04. The molecule has 116 valence electrons. The number of benzene rings is 2. The molecule has 0 unspecified atom stereocenters. The van der Waals surface area contributed by atoms with E-state index in [9.17, 15) is 4.79 Å². The highest BCUT2D eigenvalue weighted by Crippen LogP contribution is 2.19. The van der Waals surface area contributed by atoms with Crippen molar-refractivity contribution < 1.29 is 4.79 Å². The summed E-state index contributed by atoms with van der Waals surface area (Å²) in [5, 5.41) is 6.29. The third-order valence-electron chi connectivity index (χ3n) is 4.09. The van der Waals surface area contributed by atoms with E-state index in [4.69, 9.17) is 0 Å². The van der Waals surface area contributed by atoms with Gasteiger partial charge in [0.2, 0.25) is 0 Å². The van der Waals surface area contributed by atoms with Crippen LogP contribution in [0.3, 0.4) is 0 Å². The minimum Gasteiger partial charge on any atom is -0.322 e. The Morgan fingerprint density at radius 1 is 1.14 bits per heavy atom.